The fraction of sp³-hybridized carbons (Fsp3) is 0.800. The molecule has 0 aromatic carbocycles. The third kappa shape index (κ3) is 1.18. The molecule has 0 aliphatic carbocycles. The van der Waals surface area contributed by atoms with Crippen molar-refractivity contribution in [1.29, 1.82) is 0 Å². The summed E-state index contributed by atoms with van der Waals surface area (Å²) >= 11 is 0. The summed E-state index contributed by atoms with van der Waals surface area (Å²) in [5.74, 6) is -2.05. The number of rotatable bonds is 1. The molecule has 1 N–H and O–H groups in total. The van der Waals surface area contributed by atoms with E-state index in [0.29, 0.717) is 0 Å². The van der Waals surface area contributed by atoms with E-state index in [9.17, 15) is 9.18 Å². The van der Waals surface area contributed by atoms with Crippen molar-refractivity contribution >= 4 is 5.97 Å². The molecule has 0 radical (unpaired) electrons. The van der Waals surface area contributed by atoms with Crippen LogP contribution in [0.25, 0.3) is 0 Å². The van der Waals surface area contributed by atoms with Gasteiger partial charge in [0.25, 0.3) is 0 Å². The average molecular weight is 134 g/mol. The lowest BCUT2D eigenvalue weighted by Gasteiger charge is -2.01. The SMILES string of the molecule is O=C(O)[C@H]1COC[C@H]1F. The van der Waals surface area contributed by atoms with Crippen molar-refractivity contribution in [3.05, 3.63) is 0 Å². The highest BCUT2D eigenvalue weighted by atomic mass is 19.1. The van der Waals surface area contributed by atoms with Crippen LogP contribution in [0.5, 0.6) is 0 Å². The van der Waals surface area contributed by atoms with E-state index in [-0.39, 0.29) is 13.2 Å². The van der Waals surface area contributed by atoms with Crippen molar-refractivity contribution in [3.8, 4) is 0 Å². The van der Waals surface area contributed by atoms with Crippen LogP contribution in [0.15, 0.2) is 0 Å². The highest BCUT2D eigenvalue weighted by Gasteiger charge is 2.33. The summed E-state index contributed by atoms with van der Waals surface area (Å²) in [7, 11) is 0. The van der Waals surface area contributed by atoms with Gasteiger partial charge in [-0.05, 0) is 0 Å². The molecular weight excluding hydrogens is 127 g/mol. The van der Waals surface area contributed by atoms with Gasteiger partial charge < -0.3 is 9.84 Å². The number of ether oxygens (including phenoxy) is 1. The summed E-state index contributed by atoms with van der Waals surface area (Å²) in [6.45, 7) is -0.0620. The Morgan fingerprint density at radius 3 is 2.56 bits per heavy atom. The molecule has 0 bridgehead atoms. The van der Waals surface area contributed by atoms with E-state index in [1.54, 1.807) is 0 Å². The van der Waals surface area contributed by atoms with Crippen molar-refractivity contribution in [2.24, 2.45) is 5.92 Å². The maximum Gasteiger partial charge on any atom is 0.311 e. The van der Waals surface area contributed by atoms with Gasteiger partial charge >= 0.3 is 5.97 Å². The third-order valence-corrected chi connectivity index (χ3v) is 1.33. The molecule has 0 aromatic heterocycles. The number of carboxylic acids is 1. The lowest BCUT2D eigenvalue weighted by molar-refractivity contribution is -0.142. The van der Waals surface area contributed by atoms with Crippen LogP contribution in [0, 0.1) is 5.92 Å². The molecule has 1 heterocycles. The van der Waals surface area contributed by atoms with Crippen LogP contribution < -0.4 is 0 Å². The molecular formula is C5H7FO3. The van der Waals surface area contributed by atoms with Gasteiger partial charge in [-0.15, -0.1) is 0 Å². The largest absolute Gasteiger partial charge is 0.481 e. The zero-order valence-electron chi connectivity index (χ0n) is 4.71. The van der Waals surface area contributed by atoms with Gasteiger partial charge in [-0.25, -0.2) is 4.39 Å². The molecule has 0 spiro atoms. The maximum absolute atomic E-state index is 12.3. The van der Waals surface area contributed by atoms with E-state index in [1.165, 1.54) is 0 Å². The predicted molar refractivity (Wildman–Crippen MR) is 26.8 cm³/mol. The van der Waals surface area contributed by atoms with Gasteiger partial charge in [0.2, 0.25) is 0 Å². The molecule has 0 amide bonds. The predicted octanol–water partition coefficient (Wildman–Crippen LogP) is 0.0555. The smallest absolute Gasteiger partial charge is 0.311 e. The molecule has 0 unspecified atom stereocenters. The highest BCUT2D eigenvalue weighted by molar-refractivity contribution is 5.71. The minimum absolute atomic E-state index is 0.0104. The van der Waals surface area contributed by atoms with E-state index in [1.807, 2.05) is 0 Å². The average Bonchev–Trinajstić information content (AvgIpc) is 2.13. The van der Waals surface area contributed by atoms with E-state index in [0.717, 1.165) is 0 Å². The Morgan fingerprint density at radius 1 is 1.67 bits per heavy atom. The molecule has 1 rings (SSSR count). The fourth-order valence-corrected chi connectivity index (χ4v) is 0.754. The summed E-state index contributed by atoms with van der Waals surface area (Å²) in [6, 6.07) is 0. The summed E-state index contributed by atoms with van der Waals surface area (Å²) in [6.07, 6.45) is -1.32. The van der Waals surface area contributed by atoms with Gasteiger partial charge in [-0.3, -0.25) is 4.79 Å². The van der Waals surface area contributed by atoms with Crippen molar-refractivity contribution in [3.63, 3.8) is 0 Å². The molecule has 3 nitrogen and oxygen atoms in total. The zero-order valence-corrected chi connectivity index (χ0v) is 4.71. The first-order chi connectivity index (χ1) is 4.22. The van der Waals surface area contributed by atoms with Gasteiger partial charge in [-0.1, -0.05) is 0 Å². The van der Waals surface area contributed by atoms with Gasteiger partial charge in [0.1, 0.15) is 12.1 Å². The molecule has 1 saturated heterocycles. The second kappa shape index (κ2) is 2.31. The molecule has 9 heavy (non-hydrogen) atoms. The molecule has 1 aliphatic rings. The van der Waals surface area contributed by atoms with Crippen LogP contribution in [-0.2, 0) is 9.53 Å². The second-order valence-corrected chi connectivity index (χ2v) is 2.00. The quantitative estimate of drug-likeness (QED) is 0.551. The Morgan fingerprint density at radius 2 is 2.33 bits per heavy atom. The monoisotopic (exact) mass is 134 g/mol. The number of hydrogen-bond donors (Lipinski definition) is 1. The molecule has 52 valence electrons. The van der Waals surface area contributed by atoms with E-state index < -0.39 is 18.1 Å². The number of halogens is 1. The minimum atomic E-state index is -1.32. The Hall–Kier alpha value is -0.640. The van der Waals surface area contributed by atoms with Crippen molar-refractivity contribution in [2.45, 2.75) is 6.17 Å². The molecule has 2 atom stereocenters. The van der Waals surface area contributed by atoms with Gasteiger partial charge in [0.15, 0.2) is 0 Å². The van der Waals surface area contributed by atoms with Crippen LogP contribution in [0.1, 0.15) is 0 Å². The van der Waals surface area contributed by atoms with Crippen LogP contribution in [0.4, 0.5) is 4.39 Å². The van der Waals surface area contributed by atoms with Crippen molar-refractivity contribution < 1.29 is 19.0 Å². The lowest BCUT2D eigenvalue weighted by Crippen LogP contribution is -2.22. The van der Waals surface area contributed by atoms with Crippen molar-refractivity contribution in [2.75, 3.05) is 13.2 Å². The maximum atomic E-state index is 12.3. The van der Waals surface area contributed by atoms with Crippen LogP contribution >= 0.6 is 0 Å². The third-order valence-electron chi connectivity index (χ3n) is 1.33. The zero-order chi connectivity index (χ0) is 6.85. The Bertz CT molecular complexity index is 125. The number of alkyl halides is 1. The minimum Gasteiger partial charge on any atom is -0.481 e. The molecule has 1 fully saturated rings. The Kier molecular flexibility index (Phi) is 1.66. The number of hydrogen-bond acceptors (Lipinski definition) is 2. The topological polar surface area (TPSA) is 46.5 Å². The first kappa shape index (κ1) is 6.48. The lowest BCUT2D eigenvalue weighted by atomic mass is 10.1. The highest BCUT2D eigenvalue weighted by Crippen LogP contribution is 2.16. The van der Waals surface area contributed by atoms with Crippen LogP contribution in [-0.4, -0.2) is 30.5 Å². The van der Waals surface area contributed by atoms with Crippen LogP contribution in [0.3, 0.4) is 0 Å². The number of aliphatic carboxylic acids is 1. The summed E-state index contributed by atoms with van der Waals surface area (Å²) in [5.41, 5.74) is 0. The Balaban J connectivity index is 2.49. The van der Waals surface area contributed by atoms with Crippen LogP contribution in [0.2, 0.25) is 0 Å². The van der Waals surface area contributed by atoms with Gasteiger partial charge in [0.05, 0.1) is 13.2 Å². The van der Waals surface area contributed by atoms with Crippen molar-refractivity contribution in [1.82, 2.24) is 0 Å². The van der Waals surface area contributed by atoms with Gasteiger partial charge in [-0.2, -0.15) is 0 Å². The number of carboxylic acid groups (broad SMARTS) is 1. The van der Waals surface area contributed by atoms with E-state index >= 15 is 0 Å². The summed E-state index contributed by atoms with van der Waals surface area (Å²) < 4.78 is 16.9. The normalized spacial score (nSPS) is 34.8. The molecule has 0 saturated carbocycles. The standard InChI is InChI=1S/C5H7FO3/c6-4-2-9-1-3(4)5(7)8/h3-4H,1-2H2,(H,7,8)/t3-,4+/m0/s1. The second-order valence-electron chi connectivity index (χ2n) is 2.00. The fourth-order valence-electron chi connectivity index (χ4n) is 0.754. The van der Waals surface area contributed by atoms with Gasteiger partial charge in [0, 0.05) is 0 Å². The summed E-state index contributed by atoms with van der Waals surface area (Å²) in [4.78, 5) is 10.1. The molecule has 4 heteroatoms. The molecule has 1 aliphatic heterocycles. The first-order valence-corrected chi connectivity index (χ1v) is 2.66. The number of carbonyl (C=O) groups is 1. The Labute approximate surface area is 51.4 Å². The molecule has 0 aromatic rings. The summed E-state index contributed by atoms with van der Waals surface area (Å²) in [5, 5.41) is 8.26. The van der Waals surface area contributed by atoms with E-state index in [2.05, 4.69) is 4.74 Å². The first-order valence-electron chi connectivity index (χ1n) is 2.66. The van der Waals surface area contributed by atoms with E-state index in [4.69, 9.17) is 5.11 Å².